The number of halogens is 6. The van der Waals surface area contributed by atoms with E-state index in [1.807, 2.05) is 25.8 Å². The molecule has 224 valence electrons. The Morgan fingerprint density at radius 1 is 1.17 bits per heavy atom. The number of rotatable bonds is 11. The van der Waals surface area contributed by atoms with E-state index in [0.29, 0.717) is 30.0 Å². The van der Waals surface area contributed by atoms with Gasteiger partial charge in [0.1, 0.15) is 22.3 Å². The molecule has 0 aliphatic rings. The van der Waals surface area contributed by atoms with E-state index in [4.69, 9.17) is 16.3 Å². The zero-order valence-electron chi connectivity index (χ0n) is 21.9. The van der Waals surface area contributed by atoms with Crippen LogP contribution in [-0.2, 0) is 32.7 Å². The van der Waals surface area contributed by atoms with E-state index >= 15 is 4.39 Å². The highest BCUT2D eigenvalue weighted by Gasteiger charge is 2.45. The summed E-state index contributed by atoms with van der Waals surface area (Å²) in [5, 5.41) is 3.34. The summed E-state index contributed by atoms with van der Waals surface area (Å²) in [4.78, 5) is 19.8. The minimum atomic E-state index is -5.56. The molecule has 1 heterocycles. The number of ether oxygens (including phenoxy) is 1. The number of thiazole rings is 1. The Kier molecular flexibility index (Phi) is 10.0. The first-order chi connectivity index (χ1) is 19.1. The molecule has 2 aromatic carbocycles. The molecule has 3 aromatic rings. The van der Waals surface area contributed by atoms with Gasteiger partial charge in [-0.15, -0.1) is 11.3 Å². The fraction of sp³-hybridized carbons (Fsp3) is 0.333. The Hall–Kier alpha value is -3.21. The van der Waals surface area contributed by atoms with Crippen LogP contribution >= 0.6 is 22.9 Å². The predicted octanol–water partition coefficient (Wildman–Crippen LogP) is 5.75. The SMILES string of the molecule is COc1ccc(F)c(CNc2cc(F)c(S(=O)(=O)N(OC(=O)C(F)(F)F)c3cscn3)cc2Cl)c1CN(C)C(C)C. The predicted molar refractivity (Wildman–Crippen MR) is 142 cm³/mol. The van der Waals surface area contributed by atoms with Gasteiger partial charge in [-0.3, -0.25) is 4.90 Å². The number of hydrogen-bond acceptors (Lipinski definition) is 9. The molecular formula is C24H24ClF5N4O5S2. The first-order valence-electron chi connectivity index (χ1n) is 11.6. The lowest BCUT2D eigenvalue weighted by atomic mass is 10.0. The molecule has 0 aliphatic carbocycles. The van der Waals surface area contributed by atoms with Crippen molar-refractivity contribution in [2.45, 2.75) is 44.1 Å². The average Bonchev–Trinajstić information content (AvgIpc) is 3.42. The fourth-order valence-corrected chi connectivity index (χ4v) is 5.54. The Morgan fingerprint density at radius 3 is 2.41 bits per heavy atom. The highest BCUT2D eigenvalue weighted by Crippen LogP contribution is 2.34. The maximum atomic E-state index is 15.2. The average molecular weight is 643 g/mol. The van der Waals surface area contributed by atoms with Gasteiger partial charge < -0.3 is 14.9 Å². The molecule has 0 amide bonds. The third-order valence-electron chi connectivity index (χ3n) is 5.82. The number of benzene rings is 2. The van der Waals surface area contributed by atoms with Crippen LogP contribution in [0.15, 0.2) is 40.1 Å². The molecule has 0 radical (unpaired) electrons. The Morgan fingerprint density at radius 2 is 1.85 bits per heavy atom. The van der Waals surface area contributed by atoms with E-state index in [1.165, 1.54) is 19.2 Å². The summed E-state index contributed by atoms with van der Waals surface area (Å²) in [6.07, 6.45) is -5.56. The van der Waals surface area contributed by atoms with Crippen LogP contribution in [0.1, 0.15) is 25.0 Å². The summed E-state index contributed by atoms with van der Waals surface area (Å²) in [7, 11) is -2.04. The number of nitrogens with one attached hydrogen (secondary N) is 1. The van der Waals surface area contributed by atoms with Gasteiger partial charge in [0.25, 0.3) is 10.0 Å². The van der Waals surface area contributed by atoms with Crippen molar-refractivity contribution >= 4 is 50.4 Å². The number of sulfonamides is 1. The molecule has 1 aromatic heterocycles. The van der Waals surface area contributed by atoms with Crippen LogP contribution in [0, 0.1) is 11.6 Å². The molecular weight excluding hydrogens is 619 g/mol. The number of methoxy groups -OCH3 is 1. The van der Waals surface area contributed by atoms with Gasteiger partial charge in [0.15, 0.2) is 5.82 Å². The third kappa shape index (κ3) is 7.36. The minimum Gasteiger partial charge on any atom is -0.496 e. The largest absolute Gasteiger partial charge is 0.496 e. The molecule has 0 saturated carbocycles. The van der Waals surface area contributed by atoms with Crippen LogP contribution < -0.4 is 14.5 Å². The lowest BCUT2D eigenvalue weighted by molar-refractivity contribution is -0.199. The maximum absolute atomic E-state index is 15.2. The van der Waals surface area contributed by atoms with Crippen molar-refractivity contribution in [2.24, 2.45) is 0 Å². The summed E-state index contributed by atoms with van der Waals surface area (Å²) >= 11 is 6.98. The minimum absolute atomic E-state index is 0.112. The molecule has 9 nitrogen and oxygen atoms in total. The van der Waals surface area contributed by atoms with Crippen molar-refractivity contribution in [3.05, 3.63) is 62.9 Å². The van der Waals surface area contributed by atoms with E-state index in [9.17, 15) is 30.8 Å². The van der Waals surface area contributed by atoms with Gasteiger partial charge in [-0.1, -0.05) is 16.1 Å². The van der Waals surface area contributed by atoms with Crippen molar-refractivity contribution in [3.63, 3.8) is 0 Å². The normalized spacial score (nSPS) is 12.1. The van der Waals surface area contributed by atoms with Crippen molar-refractivity contribution in [1.29, 1.82) is 0 Å². The summed E-state index contributed by atoms with van der Waals surface area (Å²) in [5.74, 6) is -5.24. The molecule has 0 bridgehead atoms. The van der Waals surface area contributed by atoms with Gasteiger partial charge in [0, 0.05) is 35.6 Å². The molecule has 41 heavy (non-hydrogen) atoms. The van der Waals surface area contributed by atoms with Gasteiger partial charge in [-0.2, -0.15) is 21.6 Å². The number of carbonyl (C=O) groups excluding carboxylic acids is 1. The monoisotopic (exact) mass is 642 g/mol. The zero-order chi connectivity index (χ0) is 30.7. The molecule has 0 saturated heterocycles. The molecule has 0 spiro atoms. The third-order valence-corrected chi connectivity index (χ3v) is 8.27. The molecule has 3 rings (SSSR count). The summed E-state index contributed by atoms with van der Waals surface area (Å²) in [5.41, 5.74) is 1.60. The second-order valence-corrected chi connectivity index (χ2v) is 11.6. The van der Waals surface area contributed by atoms with Crippen LogP contribution in [0.2, 0.25) is 5.02 Å². The fourth-order valence-electron chi connectivity index (χ4n) is 3.41. The second-order valence-electron chi connectivity index (χ2n) is 8.79. The number of anilines is 2. The molecule has 0 fully saturated rings. The van der Waals surface area contributed by atoms with E-state index in [0.717, 1.165) is 22.2 Å². The van der Waals surface area contributed by atoms with Gasteiger partial charge in [0.2, 0.25) is 0 Å². The summed E-state index contributed by atoms with van der Waals surface area (Å²) < 4.78 is 99.8. The van der Waals surface area contributed by atoms with Crippen LogP contribution in [0.25, 0.3) is 0 Å². The number of hydrogen-bond donors (Lipinski definition) is 1. The first kappa shape index (κ1) is 32.3. The molecule has 0 aliphatic heterocycles. The van der Waals surface area contributed by atoms with Crippen molar-refractivity contribution in [1.82, 2.24) is 9.88 Å². The Labute approximate surface area is 241 Å². The molecule has 1 N–H and O–H groups in total. The standard InChI is InChI=1S/C24H24ClF5N4O5S2/c1-13(2)33(3)10-15-14(17(26)5-6-20(15)38-4)9-31-19-8-18(27)21(7-16(19)25)41(36,37)34(22-11-40-12-32-22)39-23(35)24(28,29)30/h5-8,11-13,31H,9-10H2,1-4H3. The second kappa shape index (κ2) is 12.8. The van der Waals surface area contributed by atoms with Gasteiger partial charge in [0.05, 0.1) is 23.3 Å². The number of nitrogens with zero attached hydrogens (tertiary/aromatic N) is 3. The van der Waals surface area contributed by atoms with Crippen LogP contribution in [0.3, 0.4) is 0 Å². The lowest BCUT2D eigenvalue weighted by Crippen LogP contribution is -2.39. The Bertz CT molecular complexity index is 1510. The Balaban J connectivity index is 1.96. The van der Waals surface area contributed by atoms with Gasteiger partial charge >= 0.3 is 12.1 Å². The van der Waals surface area contributed by atoms with Crippen molar-refractivity contribution in [3.8, 4) is 5.75 Å². The first-order valence-corrected chi connectivity index (χ1v) is 14.3. The lowest BCUT2D eigenvalue weighted by Gasteiger charge is -2.24. The van der Waals surface area contributed by atoms with Gasteiger partial charge in [-0.05, 0) is 45.2 Å². The van der Waals surface area contributed by atoms with Gasteiger partial charge in [-0.25, -0.2) is 18.6 Å². The van der Waals surface area contributed by atoms with E-state index in [1.54, 1.807) is 0 Å². The highest BCUT2D eigenvalue weighted by atomic mass is 35.5. The van der Waals surface area contributed by atoms with Crippen LogP contribution in [0.4, 0.5) is 33.5 Å². The molecule has 17 heteroatoms. The van der Waals surface area contributed by atoms with E-state index < -0.39 is 49.0 Å². The van der Waals surface area contributed by atoms with Crippen LogP contribution in [0.5, 0.6) is 5.75 Å². The maximum Gasteiger partial charge on any atom is 0.493 e. The number of alkyl halides is 3. The highest BCUT2D eigenvalue weighted by molar-refractivity contribution is 7.92. The summed E-state index contributed by atoms with van der Waals surface area (Å²) in [6, 6.07) is 4.06. The molecule has 0 atom stereocenters. The summed E-state index contributed by atoms with van der Waals surface area (Å²) in [6.45, 7) is 3.98. The quantitative estimate of drug-likeness (QED) is 0.208. The zero-order valence-corrected chi connectivity index (χ0v) is 24.3. The van der Waals surface area contributed by atoms with Crippen molar-refractivity contribution in [2.75, 3.05) is 23.9 Å². The van der Waals surface area contributed by atoms with E-state index in [-0.39, 0.29) is 28.9 Å². The van der Waals surface area contributed by atoms with E-state index in [2.05, 4.69) is 15.1 Å². The van der Waals surface area contributed by atoms with Crippen molar-refractivity contribution < 1.29 is 44.7 Å². The molecule has 0 unspecified atom stereocenters. The van der Waals surface area contributed by atoms with Crippen LogP contribution in [-0.4, -0.2) is 50.6 Å². The number of carbonyl (C=O) groups is 1. The smallest absolute Gasteiger partial charge is 0.493 e. The topological polar surface area (TPSA) is 101 Å². The number of aromatic nitrogens is 1.